The number of unbranched alkanes of at least 4 members (excludes halogenated alkanes) is 57. The standard InChI is InChI=1S/C74H145NO5/c1-3-5-7-9-11-13-15-17-18-40-43-46-50-54-58-62-66-72(77)71(70-76)75-73(78)67-63-59-55-51-47-44-41-38-36-34-32-30-28-26-24-22-20-19-21-23-25-27-29-31-33-35-37-39-42-45-49-53-57-61-65-69-80-74(79)68-64-60-56-52-48-16-14-12-10-8-6-4-2/h12,14,71-72,76-77H,3-11,13,15-70H2,1-2H3,(H,75,78)/b14-12-. The van der Waals surface area contributed by atoms with Crippen molar-refractivity contribution in [3.63, 3.8) is 0 Å². The molecule has 6 nitrogen and oxygen atoms in total. The van der Waals surface area contributed by atoms with Crippen molar-refractivity contribution in [2.45, 2.75) is 437 Å². The van der Waals surface area contributed by atoms with E-state index in [0.717, 1.165) is 44.9 Å². The lowest BCUT2D eigenvalue weighted by Crippen LogP contribution is -2.45. The summed E-state index contributed by atoms with van der Waals surface area (Å²) in [4.78, 5) is 24.5. The fraction of sp³-hybridized carbons (Fsp3) is 0.946. The number of allylic oxidation sites excluding steroid dienone is 2. The zero-order chi connectivity index (χ0) is 57.8. The lowest BCUT2D eigenvalue weighted by molar-refractivity contribution is -0.143. The van der Waals surface area contributed by atoms with E-state index in [9.17, 15) is 19.8 Å². The van der Waals surface area contributed by atoms with E-state index in [1.54, 1.807) is 0 Å². The van der Waals surface area contributed by atoms with Crippen LogP contribution in [0.2, 0.25) is 0 Å². The largest absolute Gasteiger partial charge is 0.466 e. The number of ether oxygens (including phenoxy) is 1. The Bertz CT molecular complexity index is 1210. The van der Waals surface area contributed by atoms with Crippen LogP contribution in [0.5, 0.6) is 0 Å². The number of nitrogens with one attached hydrogen (secondary N) is 1. The van der Waals surface area contributed by atoms with Gasteiger partial charge < -0.3 is 20.3 Å². The molecule has 0 saturated heterocycles. The monoisotopic (exact) mass is 1130 g/mol. The smallest absolute Gasteiger partial charge is 0.305 e. The minimum Gasteiger partial charge on any atom is -0.466 e. The van der Waals surface area contributed by atoms with Crippen molar-refractivity contribution in [3.05, 3.63) is 12.2 Å². The van der Waals surface area contributed by atoms with E-state index in [0.29, 0.717) is 25.9 Å². The summed E-state index contributed by atoms with van der Waals surface area (Å²) in [6, 6.07) is -0.536. The molecule has 0 radical (unpaired) electrons. The zero-order valence-corrected chi connectivity index (χ0v) is 54.6. The molecule has 3 N–H and O–H groups in total. The van der Waals surface area contributed by atoms with Gasteiger partial charge in [-0.1, -0.05) is 373 Å². The number of aliphatic hydroxyl groups excluding tert-OH is 2. The van der Waals surface area contributed by atoms with Crippen molar-refractivity contribution in [1.29, 1.82) is 0 Å². The Morgan fingerprint density at radius 3 is 0.912 bits per heavy atom. The Labute approximate surface area is 501 Å². The van der Waals surface area contributed by atoms with Gasteiger partial charge in [0.1, 0.15) is 0 Å². The van der Waals surface area contributed by atoms with Crippen molar-refractivity contribution in [2.24, 2.45) is 0 Å². The quantitative estimate of drug-likeness (QED) is 0.0320. The van der Waals surface area contributed by atoms with Gasteiger partial charge in [-0.3, -0.25) is 9.59 Å². The van der Waals surface area contributed by atoms with Gasteiger partial charge in [-0.15, -0.1) is 0 Å². The van der Waals surface area contributed by atoms with E-state index in [4.69, 9.17) is 4.74 Å². The van der Waals surface area contributed by atoms with E-state index in [1.807, 2.05) is 0 Å². The van der Waals surface area contributed by atoms with Crippen LogP contribution in [-0.4, -0.2) is 47.4 Å². The molecule has 0 spiro atoms. The normalized spacial score (nSPS) is 12.5. The highest BCUT2D eigenvalue weighted by atomic mass is 16.5. The predicted molar refractivity (Wildman–Crippen MR) is 352 cm³/mol. The highest BCUT2D eigenvalue weighted by molar-refractivity contribution is 5.76. The Balaban J connectivity index is 3.30. The molecule has 0 saturated carbocycles. The molecule has 80 heavy (non-hydrogen) atoms. The summed E-state index contributed by atoms with van der Waals surface area (Å²) in [5.74, 6) is -0.0124. The van der Waals surface area contributed by atoms with E-state index >= 15 is 0 Å². The summed E-state index contributed by atoms with van der Waals surface area (Å²) in [6.45, 7) is 4.97. The van der Waals surface area contributed by atoms with Crippen LogP contribution in [0.25, 0.3) is 0 Å². The molecule has 2 unspecified atom stereocenters. The fourth-order valence-electron chi connectivity index (χ4n) is 11.9. The second-order valence-electron chi connectivity index (χ2n) is 25.6. The first-order chi connectivity index (χ1) is 39.5. The number of hydrogen-bond acceptors (Lipinski definition) is 5. The van der Waals surface area contributed by atoms with E-state index < -0.39 is 12.1 Å². The maximum atomic E-state index is 12.5. The van der Waals surface area contributed by atoms with Crippen LogP contribution in [0.1, 0.15) is 425 Å². The van der Waals surface area contributed by atoms with Gasteiger partial charge in [0.05, 0.1) is 25.4 Å². The van der Waals surface area contributed by atoms with Gasteiger partial charge in [-0.25, -0.2) is 0 Å². The Hall–Kier alpha value is -1.40. The molecule has 6 heteroatoms. The number of esters is 1. The molecule has 2 atom stereocenters. The summed E-state index contributed by atoms with van der Waals surface area (Å²) >= 11 is 0. The molecule has 0 aromatic rings. The summed E-state index contributed by atoms with van der Waals surface area (Å²) in [5.41, 5.74) is 0. The SMILES string of the molecule is CCCCC/C=C\CCCCCCCC(=O)OCCCCCCCCCCCCCCCCCCCCCCCCCCCCCCCCCCCCCC(=O)NC(CO)C(O)CCCCCCCCCCCCCCCCCC. The topological polar surface area (TPSA) is 95.9 Å². The number of aliphatic hydroxyl groups is 2. The van der Waals surface area contributed by atoms with Crippen molar-refractivity contribution < 1.29 is 24.5 Å². The number of rotatable bonds is 70. The fourth-order valence-corrected chi connectivity index (χ4v) is 11.9. The first kappa shape index (κ1) is 78.6. The number of carbonyl (C=O) groups excluding carboxylic acids is 2. The van der Waals surface area contributed by atoms with Crippen LogP contribution in [-0.2, 0) is 14.3 Å². The van der Waals surface area contributed by atoms with Crippen LogP contribution >= 0.6 is 0 Å². The average Bonchev–Trinajstić information content (AvgIpc) is 3.46. The van der Waals surface area contributed by atoms with Crippen molar-refractivity contribution >= 4 is 11.9 Å². The van der Waals surface area contributed by atoms with Crippen LogP contribution < -0.4 is 5.32 Å². The summed E-state index contributed by atoms with van der Waals surface area (Å²) < 4.78 is 5.48. The predicted octanol–water partition coefficient (Wildman–Crippen LogP) is 23.9. The molecule has 1 amide bonds. The average molecular weight is 1130 g/mol. The molecule has 0 fully saturated rings. The molecule has 0 heterocycles. The van der Waals surface area contributed by atoms with Crippen LogP contribution in [0.4, 0.5) is 0 Å². The third-order valence-corrected chi connectivity index (χ3v) is 17.6. The molecule has 0 aromatic heterocycles. The van der Waals surface area contributed by atoms with E-state index in [2.05, 4.69) is 31.3 Å². The minimum absolute atomic E-state index is 0.0132. The van der Waals surface area contributed by atoms with Gasteiger partial charge in [0, 0.05) is 12.8 Å². The first-order valence-electron chi connectivity index (χ1n) is 36.9. The van der Waals surface area contributed by atoms with E-state index in [1.165, 1.54) is 347 Å². The Morgan fingerprint density at radius 2 is 0.588 bits per heavy atom. The van der Waals surface area contributed by atoms with Gasteiger partial charge in [-0.2, -0.15) is 0 Å². The Morgan fingerprint density at radius 1 is 0.338 bits per heavy atom. The van der Waals surface area contributed by atoms with Crippen LogP contribution in [0.15, 0.2) is 12.2 Å². The lowest BCUT2D eigenvalue weighted by Gasteiger charge is -2.22. The Kier molecular flexibility index (Phi) is 68.9. The summed E-state index contributed by atoms with van der Waals surface area (Å²) in [7, 11) is 0. The molecule has 0 aromatic carbocycles. The molecule has 0 aliphatic rings. The third-order valence-electron chi connectivity index (χ3n) is 17.6. The van der Waals surface area contributed by atoms with Crippen molar-refractivity contribution in [2.75, 3.05) is 13.2 Å². The highest BCUT2D eigenvalue weighted by Gasteiger charge is 2.20. The maximum absolute atomic E-state index is 12.5. The number of hydrogen-bond donors (Lipinski definition) is 3. The van der Waals surface area contributed by atoms with Gasteiger partial charge in [0.25, 0.3) is 0 Å². The highest BCUT2D eigenvalue weighted by Crippen LogP contribution is 2.20. The van der Waals surface area contributed by atoms with Crippen LogP contribution in [0.3, 0.4) is 0 Å². The first-order valence-corrected chi connectivity index (χ1v) is 36.9. The summed E-state index contributed by atoms with van der Waals surface area (Å²) in [5, 5.41) is 23.4. The molecular weight excluding hydrogens is 983 g/mol. The summed E-state index contributed by atoms with van der Waals surface area (Å²) in [6.07, 6.45) is 87.2. The molecule has 0 bridgehead atoms. The van der Waals surface area contributed by atoms with Gasteiger partial charge in [0.2, 0.25) is 5.91 Å². The van der Waals surface area contributed by atoms with Crippen LogP contribution in [0, 0.1) is 0 Å². The number of carbonyl (C=O) groups is 2. The zero-order valence-electron chi connectivity index (χ0n) is 54.6. The molecular formula is C74H145NO5. The molecule has 0 rings (SSSR count). The van der Waals surface area contributed by atoms with Crippen molar-refractivity contribution in [1.82, 2.24) is 5.32 Å². The maximum Gasteiger partial charge on any atom is 0.305 e. The van der Waals surface area contributed by atoms with Gasteiger partial charge in [-0.05, 0) is 51.4 Å². The van der Waals surface area contributed by atoms with Gasteiger partial charge in [0.15, 0.2) is 0 Å². The van der Waals surface area contributed by atoms with Crippen molar-refractivity contribution in [3.8, 4) is 0 Å². The molecule has 476 valence electrons. The molecule has 0 aliphatic carbocycles. The molecule has 0 aliphatic heterocycles. The minimum atomic E-state index is -0.660. The van der Waals surface area contributed by atoms with Gasteiger partial charge >= 0.3 is 5.97 Å². The second-order valence-corrected chi connectivity index (χ2v) is 25.6. The van der Waals surface area contributed by atoms with E-state index in [-0.39, 0.29) is 18.5 Å². The lowest BCUT2D eigenvalue weighted by atomic mass is 10.0. The third kappa shape index (κ3) is 65.7. The second kappa shape index (κ2) is 70.1. The number of amides is 1.